The van der Waals surface area contributed by atoms with Gasteiger partial charge in [0.25, 0.3) is 0 Å². The van der Waals surface area contributed by atoms with Crippen LogP contribution in [0.5, 0.6) is 0 Å². The molecule has 0 bridgehead atoms. The molecule has 0 aliphatic heterocycles. The van der Waals surface area contributed by atoms with E-state index in [4.69, 9.17) is 37.9 Å². The smallest absolute Gasteiger partial charge is 0.158 e. The lowest BCUT2D eigenvalue weighted by atomic mass is 10.4. The van der Waals surface area contributed by atoms with Crippen LogP contribution < -0.4 is 0 Å². The lowest BCUT2D eigenvalue weighted by Crippen LogP contribution is -2.09. The van der Waals surface area contributed by atoms with Gasteiger partial charge in [-0.15, -0.1) is 0 Å². The van der Waals surface area contributed by atoms with E-state index in [1.165, 1.54) is 0 Å². The fraction of sp³-hybridized carbons (Fsp3) is 0.684. The Morgan fingerprint density at radius 1 is 0.276 bits per heavy atom. The van der Waals surface area contributed by atoms with E-state index in [1.54, 1.807) is 28.4 Å². The zero-order valence-corrected chi connectivity index (χ0v) is 36.5. The molecule has 4 rings (SSSR count). The number of rotatable bonds is 22. The molecule has 0 unspecified atom stereocenters. The van der Waals surface area contributed by atoms with Gasteiger partial charge in [0, 0.05) is 67.7 Å². The summed E-state index contributed by atoms with van der Waals surface area (Å²) >= 11 is 0. The minimum absolute atomic E-state index is 0.405. The van der Waals surface area contributed by atoms with Crippen LogP contribution in [0.4, 0.5) is 0 Å². The highest BCUT2D eigenvalue weighted by Crippen LogP contribution is 2.03. The van der Waals surface area contributed by atoms with Gasteiger partial charge in [0.15, 0.2) is 46.6 Å². The first kappa shape index (κ1) is 51.7. The van der Waals surface area contributed by atoms with E-state index in [2.05, 4.69) is 59.8 Å². The summed E-state index contributed by atoms with van der Waals surface area (Å²) in [6.45, 7) is 21.4. The normalized spacial score (nSPS) is 10.6. The number of aromatic nitrogens is 12. The van der Waals surface area contributed by atoms with Gasteiger partial charge in [0.2, 0.25) is 0 Å². The van der Waals surface area contributed by atoms with Gasteiger partial charge >= 0.3 is 0 Å². The van der Waals surface area contributed by atoms with Crippen molar-refractivity contribution < 1.29 is 37.9 Å². The summed E-state index contributed by atoms with van der Waals surface area (Å²) in [7, 11) is 6.47. The number of methoxy groups -OCH3 is 4. The van der Waals surface area contributed by atoms with Gasteiger partial charge in [0.1, 0.15) is 76.2 Å². The average molecular weight is 817 g/mol. The number of nitrogens with zero attached hydrogens (tertiary/aromatic N) is 12. The number of hydrogen-bond acceptors (Lipinski definition) is 20. The maximum absolute atomic E-state index is 5.26. The van der Waals surface area contributed by atoms with Crippen molar-refractivity contribution in [3.05, 3.63) is 69.9 Å². The highest BCUT2D eigenvalue weighted by Gasteiger charge is 2.07. The van der Waals surface area contributed by atoms with E-state index in [0.29, 0.717) is 138 Å². The van der Waals surface area contributed by atoms with Crippen LogP contribution in [0.2, 0.25) is 0 Å². The highest BCUT2D eigenvalue weighted by molar-refractivity contribution is 4.98. The van der Waals surface area contributed by atoms with Crippen molar-refractivity contribution >= 4 is 0 Å². The Morgan fingerprint density at radius 3 is 0.672 bits per heavy atom. The largest absolute Gasteiger partial charge is 0.377 e. The molecule has 0 aliphatic carbocycles. The molecule has 0 saturated carbocycles. The molecule has 0 N–H and O–H groups in total. The van der Waals surface area contributed by atoms with Crippen molar-refractivity contribution in [3.8, 4) is 0 Å². The summed E-state index contributed by atoms with van der Waals surface area (Å²) in [6, 6.07) is 0. The van der Waals surface area contributed by atoms with Crippen LogP contribution in [0, 0.1) is 13.8 Å². The van der Waals surface area contributed by atoms with Crippen LogP contribution in [0.3, 0.4) is 0 Å². The molecular weight excluding hydrogens is 752 g/mol. The summed E-state index contributed by atoms with van der Waals surface area (Å²) in [4.78, 5) is 50.4. The Balaban J connectivity index is 0.000000387. The Morgan fingerprint density at radius 2 is 0.466 bits per heavy atom. The molecule has 58 heavy (non-hydrogen) atoms. The van der Waals surface area contributed by atoms with E-state index >= 15 is 0 Å². The summed E-state index contributed by atoms with van der Waals surface area (Å²) in [6.07, 6.45) is 1.58. The van der Waals surface area contributed by atoms with Crippen molar-refractivity contribution in [1.29, 1.82) is 0 Å². The molecule has 4 heterocycles. The molecule has 0 atom stereocenters. The fourth-order valence-corrected chi connectivity index (χ4v) is 4.36. The zero-order chi connectivity index (χ0) is 43.0. The minimum atomic E-state index is 0.405. The van der Waals surface area contributed by atoms with Gasteiger partial charge in [-0.2, -0.15) is 0 Å². The zero-order valence-electron chi connectivity index (χ0n) is 36.5. The molecule has 20 heteroatoms. The van der Waals surface area contributed by atoms with E-state index in [1.807, 2.05) is 55.4 Å². The first-order valence-corrected chi connectivity index (χ1v) is 19.2. The van der Waals surface area contributed by atoms with Gasteiger partial charge in [-0.05, 0) is 41.5 Å². The van der Waals surface area contributed by atoms with Crippen molar-refractivity contribution in [2.24, 2.45) is 0 Å². The third kappa shape index (κ3) is 23.2. The van der Waals surface area contributed by atoms with Gasteiger partial charge in [-0.3, -0.25) is 0 Å². The Hall–Kier alpha value is -4.28. The van der Waals surface area contributed by atoms with E-state index in [0.717, 1.165) is 24.5 Å². The van der Waals surface area contributed by atoms with Gasteiger partial charge in [-0.1, -0.05) is 13.8 Å². The molecule has 0 saturated heterocycles. The monoisotopic (exact) mass is 816 g/mol. The van der Waals surface area contributed by atoms with Crippen molar-refractivity contribution in [2.45, 2.75) is 121 Å². The summed E-state index contributed by atoms with van der Waals surface area (Å²) in [5.41, 5.74) is 0. The van der Waals surface area contributed by atoms with Crippen LogP contribution in [-0.4, -0.2) is 115 Å². The Kier molecular flexibility index (Phi) is 29.1. The lowest BCUT2D eigenvalue weighted by Gasteiger charge is -2.05. The quantitative estimate of drug-likeness (QED) is 0.109. The molecule has 0 aliphatic rings. The first-order valence-electron chi connectivity index (χ1n) is 19.2. The predicted molar refractivity (Wildman–Crippen MR) is 212 cm³/mol. The van der Waals surface area contributed by atoms with Crippen molar-refractivity contribution in [2.75, 3.05) is 54.9 Å². The van der Waals surface area contributed by atoms with Crippen LogP contribution >= 0.6 is 0 Å². The molecular formula is C38H64N12O8. The second-order valence-electron chi connectivity index (χ2n) is 11.6. The SMILES string of the molecule is CCOCc1nc(C)nc(COC)n1.CCOCc1nc(C)nc(COC)n1.CCOCc1nc(CC)nc(COC)n1.CCOCc1nc(CC)nc(COC)n1. The average Bonchev–Trinajstić information content (AvgIpc) is 3.21. The van der Waals surface area contributed by atoms with Crippen LogP contribution in [0.1, 0.15) is 111 Å². The molecule has 0 fully saturated rings. The first-order chi connectivity index (χ1) is 28.1. The standard InChI is InChI=1S/2C10H17N3O2.2C9H15N3O2/c2*1-4-8-11-9(6-14-3)13-10(12-8)7-15-5-2;2*1-4-14-6-9-11-7(2)10-8(12-9)5-13-3/h2*4-7H2,1-3H3;2*4-6H2,1-3H3. The third-order valence-electron chi connectivity index (χ3n) is 6.70. The van der Waals surface area contributed by atoms with E-state index < -0.39 is 0 Å². The van der Waals surface area contributed by atoms with Crippen LogP contribution in [-0.2, 0) is 104 Å². The second kappa shape index (κ2) is 32.7. The maximum Gasteiger partial charge on any atom is 0.158 e. The molecule has 0 aromatic carbocycles. The van der Waals surface area contributed by atoms with Gasteiger partial charge < -0.3 is 37.9 Å². The predicted octanol–water partition coefficient (Wildman–Crippen LogP) is 3.96. The topological polar surface area (TPSA) is 229 Å². The maximum atomic E-state index is 5.26. The highest BCUT2D eigenvalue weighted by atomic mass is 16.5. The summed E-state index contributed by atoms with van der Waals surface area (Å²) in [5, 5.41) is 0. The van der Waals surface area contributed by atoms with E-state index in [9.17, 15) is 0 Å². The second-order valence-corrected chi connectivity index (χ2v) is 11.6. The Labute approximate surface area is 343 Å². The summed E-state index contributed by atoms with van der Waals surface area (Å²) < 4.78 is 40.8. The number of ether oxygens (including phenoxy) is 8. The number of aryl methyl sites for hydroxylation is 4. The van der Waals surface area contributed by atoms with Crippen LogP contribution in [0.15, 0.2) is 0 Å². The Bertz CT molecular complexity index is 1560. The van der Waals surface area contributed by atoms with E-state index in [-0.39, 0.29) is 0 Å². The number of hydrogen-bond donors (Lipinski definition) is 0. The van der Waals surface area contributed by atoms with Crippen molar-refractivity contribution in [3.63, 3.8) is 0 Å². The molecule has 4 aromatic heterocycles. The molecule has 0 amide bonds. The van der Waals surface area contributed by atoms with Crippen molar-refractivity contribution in [1.82, 2.24) is 59.8 Å². The van der Waals surface area contributed by atoms with Gasteiger partial charge in [0.05, 0.1) is 0 Å². The molecule has 0 radical (unpaired) electrons. The molecule has 20 nitrogen and oxygen atoms in total. The fourth-order valence-electron chi connectivity index (χ4n) is 4.36. The third-order valence-corrected chi connectivity index (χ3v) is 6.70. The lowest BCUT2D eigenvalue weighted by molar-refractivity contribution is 0.126. The van der Waals surface area contributed by atoms with Gasteiger partial charge in [-0.25, -0.2) is 59.8 Å². The molecule has 0 spiro atoms. The van der Waals surface area contributed by atoms with Crippen LogP contribution in [0.25, 0.3) is 0 Å². The summed E-state index contributed by atoms with van der Waals surface area (Å²) in [5.74, 6) is 8.26. The molecule has 4 aromatic rings. The minimum Gasteiger partial charge on any atom is -0.377 e. The molecule has 324 valence electrons.